The van der Waals surface area contributed by atoms with Gasteiger partial charge in [-0.25, -0.2) is 19.5 Å². The summed E-state index contributed by atoms with van der Waals surface area (Å²) in [5, 5.41) is 39.5. The molecule has 0 atom stereocenters. The number of carbonyl (C=O) groups is 3. The number of tetrazole rings is 2. The molecule has 0 bridgehead atoms. The first-order chi connectivity index (χ1) is 40.6. The largest absolute Gasteiger partial charge is 0.387 e. The first kappa shape index (κ1) is 79.8. The van der Waals surface area contributed by atoms with E-state index in [1.807, 2.05) is 192 Å². The number of rotatable bonds is 0. The lowest BCUT2D eigenvalue weighted by Gasteiger charge is -2.27. The molecule has 9 rings (SSSR count). The van der Waals surface area contributed by atoms with Crippen LogP contribution in [-0.4, -0.2) is 109 Å². The fraction of sp³-hybridized carbons (Fsp3) is 0.667. The fourth-order valence-corrected chi connectivity index (χ4v) is 7.79. The Bertz CT molecular complexity index is 3360. The number of carbonyl (C=O) groups excluding carboxylic acids is 3. The maximum absolute atomic E-state index is 11.0. The Morgan fingerprint density at radius 3 is 1.32 bits per heavy atom. The monoisotopic (exact) mass is 1310 g/mol. The normalized spacial score (nSPS) is 13.5. The molecule has 0 unspecified atom stereocenters. The summed E-state index contributed by atoms with van der Waals surface area (Å²) in [5.74, 6) is 0.470. The van der Waals surface area contributed by atoms with Gasteiger partial charge in [-0.1, -0.05) is 172 Å². The van der Waals surface area contributed by atoms with Crippen molar-refractivity contribution >= 4 is 46.8 Å². The standard InChI is InChI=1S/C7H11NO3.3C7H11NO2.C7H11NOS.C6H10N2O2.C6H10N2OS.C5H10N4O.C5H10N4/c1-7(2,3)8-5(9)4-6(10)11-8;1-7(2,3)5-4-10-8-6(5)9;1-7(2,3)5-4-6(9)8-10-5;1-7(2,3)5-4-6(9)10-8-5;1-7(2,3)5-4-10-8-6(5)9;2*1-6(2,3)4-5(9)8-10-7-4;1-5(2,3)9-4(10)6-7-8-9;1-5(2,3)4-6-8-9-7-4/h4H2,1-3H3;2*4H,1-3H3,(H,8,9);4H2,1-3H3;4H,1-3H3,(H,8,9);2*1-3H3,(H,8,9);1-3H3,(H,6,8,10);1-3H3,(H,6,7,8,9). The van der Waals surface area contributed by atoms with Gasteiger partial charge in [-0.2, -0.15) is 34.8 Å². The highest BCUT2D eigenvalue weighted by Gasteiger charge is 2.38. The van der Waals surface area contributed by atoms with Crippen LogP contribution in [0.1, 0.15) is 234 Å². The van der Waals surface area contributed by atoms with Crippen LogP contribution in [0.4, 0.5) is 0 Å². The number of nitrogens with zero attached hydrogens (tertiary/aromatic N) is 10. The van der Waals surface area contributed by atoms with Crippen LogP contribution in [-0.2, 0) is 62.1 Å². The lowest BCUT2D eigenvalue weighted by Crippen LogP contribution is -2.41. The number of H-pyrrole nitrogens is 7. The van der Waals surface area contributed by atoms with E-state index in [2.05, 4.69) is 93.9 Å². The van der Waals surface area contributed by atoms with Crippen LogP contribution in [0.15, 0.2) is 65.3 Å². The third-order valence-electron chi connectivity index (χ3n) is 11.3. The van der Waals surface area contributed by atoms with E-state index in [0.717, 1.165) is 33.9 Å². The van der Waals surface area contributed by atoms with Crippen molar-refractivity contribution in [3.8, 4) is 0 Å². The van der Waals surface area contributed by atoms with Crippen LogP contribution in [0.3, 0.4) is 0 Å². The zero-order valence-electron chi connectivity index (χ0n) is 57.2. The van der Waals surface area contributed by atoms with Crippen LogP contribution in [0.25, 0.3) is 0 Å². The molecule has 504 valence electrons. The average Bonchev–Trinajstić information content (AvgIpc) is 2.09. The van der Waals surface area contributed by atoms with E-state index in [9.17, 15) is 43.2 Å². The molecule has 0 aliphatic carbocycles. The topological polar surface area (TPSA) is 433 Å². The summed E-state index contributed by atoms with van der Waals surface area (Å²) < 4.78 is 24.4. The molecule has 90 heavy (non-hydrogen) atoms. The van der Waals surface area contributed by atoms with Gasteiger partial charge in [-0.3, -0.25) is 42.1 Å². The predicted molar refractivity (Wildman–Crippen MR) is 340 cm³/mol. The number of aromatic amines is 7. The number of aromatic nitrogens is 15. The molecule has 0 aromatic carbocycles. The second-order valence-corrected chi connectivity index (χ2v) is 30.7. The van der Waals surface area contributed by atoms with Gasteiger partial charge in [0.25, 0.3) is 28.1 Å². The molecule has 1 fully saturated rings. The van der Waals surface area contributed by atoms with E-state index in [1.165, 1.54) is 28.5 Å². The number of hydrogen-bond acceptors (Lipinski definition) is 24. The molecule has 0 spiro atoms. The van der Waals surface area contributed by atoms with Crippen LogP contribution in [0.2, 0.25) is 0 Å². The molecule has 31 nitrogen and oxygen atoms in total. The maximum Gasteiger partial charge on any atom is 0.361 e. The quantitative estimate of drug-likeness (QED) is 0.0557. The van der Waals surface area contributed by atoms with Crippen LogP contribution >= 0.6 is 23.3 Å². The lowest BCUT2D eigenvalue weighted by molar-refractivity contribution is -0.196. The van der Waals surface area contributed by atoms with Crippen molar-refractivity contribution in [1.82, 2.24) is 79.6 Å². The van der Waals surface area contributed by atoms with Gasteiger partial charge in [0, 0.05) is 55.8 Å². The van der Waals surface area contributed by atoms with Crippen molar-refractivity contribution in [3.63, 3.8) is 0 Å². The van der Waals surface area contributed by atoms with Crippen molar-refractivity contribution in [1.29, 1.82) is 0 Å². The van der Waals surface area contributed by atoms with Gasteiger partial charge in [0.15, 0.2) is 11.5 Å². The Kier molecular flexibility index (Phi) is 28.4. The third-order valence-corrected chi connectivity index (χ3v) is 12.5. The summed E-state index contributed by atoms with van der Waals surface area (Å²) in [6.45, 7) is 52.8. The molecule has 33 heteroatoms. The van der Waals surface area contributed by atoms with E-state index >= 15 is 0 Å². The number of hydrogen-bond donors (Lipinski definition) is 7. The number of oxime groups is 1. The Morgan fingerprint density at radius 2 is 1.12 bits per heavy atom. The molecule has 0 radical (unpaired) electrons. The molecule has 7 N–H and O–H groups in total. The molecule has 7 aromatic heterocycles. The van der Waals surface area contributed by atoms with E-state index in [1.54, 1.807) is 0 Å². The van der Waals surface area contributed by atoms with E-state index in [0.29, 0.717) is 29.1 Å². The minimum Gasteiger partial charge on any atom is -0.387 e. The SMILES string of the molecule is CC(C)(C)C1=NOC(=O)C1.CC(C)(C)N1OC(=O)CC1=O.CC(C)(C)c1cc(=O)[nH]o1.CC(C)(C)c1co[nH]c1=O.CC(C)(C)c1cs[nH]c1=O.CC(C)(C)c1nn[nH]n1.CC(C)(C)c1no[nH]c1=O.CC(C)(C)c1ns[nH]c1=O.CC(C)(C)n1nn[nH]c1=O. The summed E-state index contributed by atoms with van der Waals surface area (Å²) >= 11 is 2.46. The van der Waals surface area contributed by atoms with Gasteiger partial charge >= 0.3 is 23.2 Å². The second-order valence-electron chi connectivity index (χ2n) is 29.4. The molecule has 2 aliphatic rings. The van der Waals surface area contributed by atoms with Crippen LogP contribution < -0.4 is 33.5 Å². The number of hydroxylamine groups is 2. The highest BCUT2D eigenvalue weighted by atomic mass is 32.1. The highest BCUT2D eigenvalue weighted by molar-refractivity contribution is 7.03. The maximum atomic E-state index is 11.0. The highest BCUT2D eigenvalue weighted by Crippen LogP contribution is 2.24. The minimum atomic E-state index is -0.468. The van der Waals surface area contributed by atoms with E-state index in [4.69, 9.17) is 4.52 Å². The summed E-state index contributed by atoms with van der Waals surface area (Å²) in [7, 11) is 0. The molecule has 2 aliphatic heterocycles. The first-order valence-electron chi connectivity index (χ1n) is 28.3. The molecule has 1 amide bonds. The van der Waals surface area contributed by atoms with Crippen LogP contribution in [0.5, 0.6) is 0 Å². The Hall–Kier alpha value is -8.23. The molecule has 0 saturated carbocycles. The second kappa shape index (κ2) is 32.0. The van der Waals surface area contributed by atoms with Gasteiger partial charge in [0.1, 0.15) is 24.1 Å². The number of nitrogens with one attached hydrogen (secondary N) is 7. The predicted octanol–water partition coefficient (Wildman–Crippen LogP) is 8.08. The summed E-state index contributed by atoms with van der Waals surface area (Å²) in [4.78, 5) is 107. The lowest BCUT2D eigenvalue weighted by atomic mass is 9.88. The smallest absolute Gasteiger partial charge is 0.361 e. The summed E-state index contributed by atoms with van der Waals surface area (Å²) in [6.07, 6.45) is 1.68. The Labute approximate surface area is 530 Å². The first-order valence-corrected chi connectivity index (χ1v) is 29.9. The average molecular weight is 1310 g/mol. The van der Waals surface area contributed by atoms with Crippen molar-refractivity contribution in [2.75, 3.05) is 0 Å². The zero-order valence-corrected chi connectivity index (χ0v) is 58.8. The summed E-state index contributed by atoms with van der Waals surface area (Å²) in [5.41, 5.74) is 1.29. The van der Waals surface area contributed by atoms with Crippen molar-refractivity contribution in [3.05, 3.63) is 114 Å². The Balaban J connectivity index is 0.000000506. The van der Waals surface area contributed by atoms with Gasteiger partial charge in [-0.05, 0) is 62.8 Å². The van der Waals surface area contributed by atoms with Crippen LogP contribution in [0, 0.1) is 5.41 Å². The van der Waals surface area contributed by atoms with Gasteiger partial charge in [0.05, 0.1) is 28.8 Å². The third kappa shape index (κ3) is 28.1. The van der Waals surface area contributed by atoms with Gasteiger partial charge in [-0.15, -0.1) is 10.2 Å². The van der Waals surface area contributed by atoms with Crippen molar-refractivity contribution < 1.29 is 37.7 Å². The molecular weight excluding hydrogens is 1210 g/mol. The van der Waals surface area contributed by atoms with E-state index in [-0.39, 0.29) is 95.2 Å². The minimum absolute atomic E-state index is 0.00694. The van der Waals surface area contributed by atoms with Crippen molar-refractivity contribution in [2.45, 2.75) is 243 Å². The molecular formula is C57H95N17O14S2. The fourth-order valence-electron chi connectivity index (χ4n) is 6.26. The number of amides is 1. The molecule has 9 heterocycles. The summed E-state index contributed by atoms with van der Waals surface area (Å²) in [6, 6.07) is 1.47. The van der Waals surface area contributed by atoms with E-state index < -0.39 is 11.5 Å². The van der Waals surface area contributed by atoms with Gasteiger partial charge < -0.3 is 18.7 Å². The zero-order chi connectivity index (χ0) is 70.0. The Morgan fingerprint density at radius 1 is 0.544 bits per heavy atom. The molecule has 7 aromatic rings. The van der Waals surface area contributed by atoms with Crippen molar-refractivity contribution in [2.24, 2.45) is 10.6 Å². The van der Waals surface area contributed by atoms with Gasteiger partial charge in [0.2, 0.25) is 0 Å². The molecule has 1 saturated heterocycles.